The molecule has 0 fully saturated rings. The smallest absolute Gasteiger partial charge is 0.248 e. The first-order valence-corrected chi connectivity index (χ1v) is 7.96. The van der Waals surface area contributed by atoms with Gasteiger partial charge < -0.3 is 0 Å². The zero-order chi connectivity index (χ0) is 15.1. The Morgan fingerprint density at radius 2 is 1.95 bits per heavy atom. The van der Waals surface area contributed by atoms with E-state index in [1.165, 1.54) is 11.8 Å². The molecule has 2 rings (SSSR count). The second-order valence-corrected chi connectivity index (χ2v) is 6.03. The van der Waals surface area contributed by atoms with E-state index in [0.717, 1.165) is 15.1 Å². The third-order valence-corrected chi connectivity index (χ3v) is 4.01. The molecule has 21 heavy (non-hydrogen) atoms. The Morgan fingerprint density at radius 1 is 1.19 bits per heavy atom. The molecular formula is C15H14BrN3OS. The van der Waals surface area contributed by atoms with Crippen LogP contribution in [0, 0.1) is 0 Å². The lowest BCUT2D eigenvalue weighted by Crippen LogP contribution is -2.37. The van der Waals surface area contributed by atoms with E-state index in [1.54, 1.807) is 6.20 Å². The molecule has 0 atom stereocenters. The summed E-state index contributed by atoms with van der Waals surface area (Å²) in [6.45, 7) is 3.88. The highest BCUT2D eigenvalue weighted by Gasteiger charge is 2.04. The first kappa shape index (κ1) is 15.6. The van der Waals surface area contributed by atoms with Crippen LogP contribution in [0.25, 0.3) is 5.70 Å². The van der Waals surface area contributed by atoms with Crippen LogP contribution in [-0.2, 0) is 4.79 Å². The van der Waals surface area contributed by atoms with Crippen molar-refractivity contribution in [3.05, 3.63) is 65.3 Å². The second-order valence-electron chi connectivity index (χ2n) is 4.12. The first-order valence-electron chi connectivity index (χ1n) is 6.18. The number of hydrazine groups is 1. The third kappa shape index (κ3) is 5.24. The molecule has 0 aliphatic heterocycles. The number of rotatable bonds is 6. The molecule has 2 N–H and O–H groups in total. The summed E-state index contributed by atoms with van der Waals surface area (Å²) in [6, 6.07) is 13.3. The highest BCUT2D eigenvalue weighted by Crippen LogP contribution is 2.15. The fourth-order valence-corrected chi connectivity index (χ4v) is 2.40. The molecule has 108 valence electrons. The van der Waals surface area contributed by atoms with Gasteiger partial charge in [0, 0.05) is 10.7 Å². The first-order chi connectivity index (χ1) is 10.1. The van der Waals surface area contributed by atoms with E-state index in [1.807, 2.05) is 42.5 Å². The van der Waals surface area contributed by atoms with Crippen LogP contribution >= 0.6 is 27.7 Å². The van der Waals surface area contributed by atoms with E-state index in [2.05, 4.69) is 38.3 Å². The lowest BCUT2D eigenvalue weighted by molar-refractivity contribution is -0.119. The molecule has 4 nitrogen and oxygen atoms in total. The Balaban J connectivity index is 1.76. The number of nitrogens with zero attached hydrogens (tertiary/aromatic N) is 1. The van der Waals surface area contributed by atoms with Crippen LogP contribution in [0.1, 0.15) is 5.56 Å². The van der Waals surface area contributed by atoms with Crippen LogP contribution in [0.15, 0.2) is 64.7 Å². The molecule has 0 radical (unpaired) electrons. The van der Waals surface area contributed by atoms with E-state index < -0.39 is 0 Å². The van der Waals surface area contributed by atoms with E-state index in [4.69, 9.17) is 0 Å². The highest BCUT2D eigenvalue weighted by atomic mass is 79.9. The predicted molar refractivity (Wildman–Crippen MR) is 89.4 cm³/mol. The van der Waals surface area contributed by atoms with E-state index >= 15 is 0 Å². The van der Waals surface area contributed by atoms with Crippen LogP contribution in [0.5, 0.6) is 0 Å². The Kier molecular flexibility index (Phi) is 5.83. The van der Waals surface area contributed by atoms with Crippen molar-refractivity contribution >= 4 is 39.3 Å². The van der Waals surface area contributed by atoms with Gasteiger partial charge in [0.2, 0.25) is 5.91 Å². The maximum absolute atomic E-state index is 11.7. The SMILES string of the molecule is C=C(NNC(=O)CSc1ccccn1)c1ccc(Br)cc1. The average molecular weight is 364 g/mol. The zero-order valence-corrected chi connectivity index (χ0v) is 13.6. The standard InChI is InChI=1S/C15H14BrN3OS/c1-11(12-5-7-13(16)8-6-12)18-19-14(20)10-21-15-4-2-3-9-17-15/h2-9,18H,1,10H2,(H,19,20). The molecule has 6 heteroatoms. The molecule has 0 saturated carbocycles. The molecule has 0 aliphatic carbocycles. The number of thioether (sulfide) groups is 1. The molecule has 0 bridgehead atoms. The van der Waals surface area contributed by atoms with Gasteiger partial charge in [0.15, 0.2) is 0 Å². The van der Waals surface area contributed by atoms with E-state index in [0.29, 0.717) is 5.70 Å². The molecule has 0 aliphatic rings. The number of nitrogens with one attached hydrogen (secondary N) is 2. The van der Waals surface area contributed by atoms with Crippen molar-refractivity contribution < 1.29 is 4.79 Å². The quantitative estimate of drug-likeness (QED) is 0.611. The van der Waals surface area contributed by atoms with E-state index in [9.17, 15) is 4.79 Å². The van der Waals surface area contributed by atoms with Gasteiger partial charge in [0.05, 0.1) is 16.5 Å². The number of carbonyl (C=O) groups is 1. The normalized spacial score (nSPS) is 9.95. The zero-order valence-electron chi connectivity index (χ0n) is 11.2. The van der Waals surface area contributed by atoms with Crippen molar-refractivity contribution in [3.8, 4) is 0 Å². The molecule has 0 unspecified atom stereocenters. The van der Waals surface area contributed by atoms with Gasteiger partial charge in [0.25, 0.3) is 0 Å². The van der Waals surface area contributed by atoms with Gasteiger partial charge in [-0.3, -0.25) is 15.6 Å². The van der Waals surface area contributed by atoms with Crippen molar-refractivity contribution in [1.29, 1.82) is 0 Å². The Bertz CT molecular complexity index is 617. The van der Waals surface area contributed by atoms with Gasteiger partial charge >= 0.3 is 0 Å². The monoisotopic (exact) mass is 363 g/mol. The third-order valence-electron chi connectivity index (χ3n) is 2.53. The van der Waals surface area contributed by atoms with Gasteiger partial charge in [-0.05, 0) is 29.8 Å². The maximum Gasteiger partial charge on any atom is 0.248 e. The largest absolute Gasteiger partial charge is 0.299 e. The van der Waals surface area contributed by atoms with Crippen LogP contribution in [0.3, 0.4) is 0 Å². The molecular weight excluding hydrogens is 350 g/mol. The minimum atomic E-state index is -0.135. The fraction of sp³-hybridized carbons (Fsp3) is 0.0667. The summed E-state index contributed by atoms with van der Waals surface area (Å²) in [7, 11) is 0. The lowest BCUT2D eigenvalue weighted by Gasteiger charge is -2.11. The molecule has 1 amide bonds. The van der Waals surface area contributed by atoms with Crippen molar-refractivity contribution in [1.82, 2.24) is 15.8 Å². The van der Waals surface area contributed by atoms with Gasteiger partial charge in [-0.2, -0.15) is 0 Å². The molecule has 0 spiro atoms. The minimum Gasteiger partial charge on any atom is -0.299 e. The summed E-state index contributed by atoms with van der Waals surface area (Å²) in [5, 5.41) is 0.819. The molecule has 1 aromatic carbocycles. The summed E-state index contributed by atoms with van der Waals surface area (Å²) >= 11 is 4.75. The van der Waals surface area contributed by atoms with Crippen LogP contribution < -0.4 is 10.9 Å². The molecule has 0 saturated heterocycles. The van der Waals surface area contributed by atoms with Crippen LogP contribution in [-0.4, -0.2) is 16.6 Å². The lowest BCUT2D eigenvalue weighted by atomic mass is 10.2. The van der Waals surface area contributed by atoms with Gasteiger partial charge in [0.1, 0.15) is 0 Å². The van der Waals surface area contributed by atoms with E-state index in [-0.39, 0.29) is 11.7 Å². The number of benzene rings is 1. The summed E-state index contributed by atoms with van der Waals surface area (Å²) in [6.07, 6.45) is 1.70. The fourth-order valence-electron chi connectivity index (χ4n) is 1.48. The second kappa shape index (κ2) is 7.85. The number of aromatic nitrogens is 1. The molecule has 1 heterocycles. The molecule has 1 aromatic heterocycles. The Hall–Kier alpha value is -1.79. The average Bonchev–Trinajstić information content (AvgIpc) is 2.52. The van der Waals surface area contributed by atoms with Crippen molar-refractivity contribution in [2.45, 2.75) is 5.03 Å². The van der Waals surface area contributed by atoms with Crippen molar-refractivity contribution in [2.24, 2.45) is 0 Å². The summed E-state index contributed by atoms with van der Waals surface area (Å²) in [5.41, 5.74) is 6.98. The number of carbonyl (C=O) groups excluding carboxylic acids is 1. The van der Waals surface area contributed by atoms with Crippen LogP contribution in [0.4, 0.5) is 0 Å². The Morgan fingerprint density at radius 3 is 2.62 bits per heavy atom. The number of pyridine rings is 1. The van der Waals surface area contributed by atoms with Crippen molar-refractivity contribution in [3.63, 3.8) is 0 Å². The van der Waals surface area contributed by atoms with Gasteiger partial charge in [-0.1, -0.05) is 52.5 Å². The minimum absolute atomic E-state index is 0.135. The van der Waals surface area contributed by atoms with Crippen molar-refractivity contribution in [2.75, 3.05) is 5.75 Å². The highest BCUT2D eigenvalue weighted by molar-refractivity contribution is 9.10. The summed E-state index contributed by atoms with van der Waals surface area (Å²) in [5.74, 6) is 0.154. The maximum atomic E-state index is 11.7. The Labute approximate surface area is 136 Å². The predicted octanol–water partition coefficient (Wildman–Crippen LogP) is 3.23. The number of hydrogen-bond acceptors (Lipinski definition) is 4. The molecule has 2 aromatic rings. The summed E-state index contributed by atoms with van der Waals surface area (Å²) < 4.78 is 0.995. The number of amides is 1. The topological polar surface area (TPSA) is 54.0 Å². The number of hydrogen-bond donors (Lipinski definition) is 2. The number of halogens is 1. The van der Waals surface area contributed by atoms with Gasteiger partial charge in [-0.25, -0.2) is 4.98 Å². The van der Waals surface area contributed by atoms with Crippen LogP contribution in [0.2, 0.25) is 0 Å². The summed E-state index contributed by atoms with van der Waals surface area (Å²) in [4.78, 5) is 15.9. The van der Waals surface area contributed by atoms with Gasteiger partial charge in [-0.15, -0.1) is 0 Å².